The van der Waals surface area contributed by atoms with Crippen molar-refractivity contribution in [3.63, 3.8) is 0 Å². The molecule has 0 fully saturated rings. The highest BCUT2D eigenvalue weighted by Crippen LogP contribution is 2.28. The Bertz CT molecular complexity index is 857. The van der Waals surface area contributed by atoms with Crippen LogP contribution >= 0.6 is 11.6 Å². The number of ether oxygens (including phenoxy) is 1. The monoisotopic (exact) mass is 355 g/mol. The van der Waals surface area contributed by atoms with E-state index in [1.165, 1.54) is 0 Å². The van der Waals surface area contributed by atoms with Crippen molar-refractivity contribution in [2.45, 2.75) is 13.5 Å². The van der Waals surface area contributed by atoms with E-state index in [9.17, 15) is 0 Å². The lowest BCUT2D eigenvalue weighted by Crippen LogP contribution is -2.05. The van der Waals surface area contributed by atoms with Crippen LogP contribution in [0, 0.1) is 6.92 Å². The highest BCUT2D eigenvalue weighted by molar-refractivity contribution is 6.32. The Labute approximate surface area is 151 Å². The molecule has 2 aromatic heterocycles. The van der Waals surface area contributed by atoms with Gasteiger partial charge in [0.15, 0.2) is 0 Å². The van der Waals surface area contributed by atoms with Crippen molar-refractivity contribution in [3.8, 4) is 5.75 Å². The molecule has 0 saturated heterocycles. The van der Waals surface area contributed by atoms with Crippen LogP contribution in [0.4, 0.5) is 17.5 Å². The largest absolute Gasteiger partial charge is 0.495 e. The van der Waals surface area contributed by atoms with Crippen LogP contribution in [0.1, 0.15) is 11.3 Å². The summed E-state index contributed by atoms with van der Waals surface area (Å²) >= 11 is 6.15. The predicted octanol–water partition coefficient (Wildman–Crippen LogP) is 4.20. The summed E-state index contributed by atoms with van der Waals surface area (Å²) in [6.07, 6.45) is 3.57. The van der Waals surface area contributed by atoms with Gasteiger partial charge in [0.2, 0.25) is 5.95 Å². The number of methoxy groups -OCH3 is 1. The van der Waals surface area contributed by atoms with Gasteiger partial charge in [0.05, 0.1) is 12.1 Å². The van der Waals surface area contributed by atoms with Crippen LogP contribution in [0.25, 0.3) is 0 Å². The first-order valence-corrected chi connectivity index (χ1v) is 8.11. The first-order valence-electron chi connectivity index (χ1n) is 7.73. The lowest BCUT2D eigenvalue weighted by molar-refractivity contribution is 0.415. The van der Waals surface area contributed by atoms with E-state index >= 15 is 0 Å². The number of nitrogens with one attached hydrogen (secondary N) is 2. The van der Waals surface area contributed by atoms with Crippen LogP contribution in [0.5, 0.6) is 5.75 Å². The topological polar surface area (TPSA) is 72.0 Å². The van der Waals surface area contributed by atoms with Gasteiger partial charge in [-0.2, -0.15) is 4.98 Å². The van der Waals surface area contributed by atoms with E-state index in [1.54, 1.807) is 25.4 Å². The average Bonchev–Trinajstić information content (AvgIpc) is 2.61. The fraction of sp³-hybridized carbons (Fsp3) is 0.167. The minimum absolute atomic E-state index is 0.495. The van der Waals surface area contributed by atoms with Crippen molar-refractivity contribution in [2.75, 3.05) is 17.7 Å². The fourth-order valence-electron chi connectivity index (χ4n) is 2.28. The number of nitrogens with zero attached hydrogens (tertiary/aromatic N) is 3. The van der Waals surface area contributed by atoms with E-state index in [-0.39, 0.29) is 0 Å². The van der Waals surface area contributed by atoms with Gasteiger partial charge in [-0.15, -0.1) is 0 Å². The van der Waals surface area contributed by atoms with E-state index in [4.69, 9.17) is 16.3 Å². The lowest BCUT2D eigenvalue weighted by atomic mass is 10.3. The third-order valence-corrected chi connectivity index (χ3v) is 3.75. The Hall–Kier alpha value is -2.86. The van der Waals surface area contributed by atoms with E-state index in [0.717, 1.165) is 22.8 Å². The lowest BCUT2D eigenvalue weighted by Gasteiger charge is -2.11. The van der Waals surface area contributed by atoms with Gasteiger partial charge >= 0.3 is 0 Å². The second-order valence-corrected chi connectivity index (χ2v) is 5.81. The number of benzene rings is 1. The quantitative estimate of drug-likeness (QED) is 0.690. The molecular formula is C18H18ClN5O. The summed E-state index contributed by atoms with van der Waals surface area (Å²) in [5, 5.41) is 6.96. The molecule has 0 aliphatic heterocycles. The van der Waals surface area contributed by atoms with Crippen LogP contribution in [0.3, 0.4) is 0 Å². The number of hydrogen-bond donors (Lipinski definition) is 2. The summed E-state index contributed by atoms with van der Waals surface area (Å²) in [5.74, 6) is 1.85. The normalized spacial score (nSPS) is 10.4. The molecule has 0 bridgehead atoms. The molecule has 25 heavy (non-hydrogen) atoms. The van der Waals surface area contributed by atoms with Crippen LogP contribution in [0.15, 0.2) is 48.8 Å². The van der Waals surface area contributed by atoms with Gasteiger partial charge in [-0.1, -0.05) is 17.7 Å². The van der Waals surface area contributed by atoms with Crippen molar-refractivity contribution < 1.29 is 4.74 Å². The van der Waals surface area contributed by atoms with Crippen LogP contribution in [0.2, 0.25) is 5.02 Å². The predicted molar refractivity (Wildman–Crippen MR) is 99.6 cm³/mol. The van der Waals surface area contributed by atoms with E-state index in [2.05, 4.69) is 25.6 Å². The van der Waals surface area contributed by atoms with Crippen molar-refractivity contribution in [1.29, 1.82) is 0 Å². The number of aryl methyl sites for hydroxylation is 1. The van der Waals surface area contributed by atoms with Crippen molar-refractivity contribution >= 4 is 29.1 Å². The van der Waals surface area contributed by atoms with E-state index in [0.29, 0.717) is 23.3 Å². The molecule has 0 radical (unpaired) electrons. The number of aromatic nitrogens is 3. The van der Waals surface area contributed by atoms with Crippen LogP contribution < -0.4 is 15.4 Å². The molecule has 0 amide bonds. The smallest absolute Gasteiger partial charge is 0.229 e. The number of hydrogen-bond acceptors (Lipinski definition) is 6. The SMILES string of the molecule is COc1ccc(Nc2nc(C)cc(NCc3cccnc3)n2)cc1Cl. The summed E-state index contributed by atoms with van der Waals surface area (Å²) in [6, 6.07) is 11.2. The van der Waals surface area contributed by atoms with Gasteiger partial charge in [-0.3, -0.25) is 4.98 Å². The Balaban J connectivity index is 1.74. The van der Waals surface area contributed by atoms with E-state index < -0.39 is 0 Å². The number of anilines is 3. The zero-order chi connectivity index (χ0) is 17.6. The molecule has 0 aliphatic carbocycles. The number of rotatable bonds is 6. The minimum atomic E-state index is 0.495. The molecule has 3 rings (SSSR count). The summed E-state index contributed by atoms with van der Waals surface area (Å²) in [7, 11) is 1.58. The minimum Gasteiger partial charge on any atom is -0.495 e. The zero-order valence-corrected chi connectivity index (χ0v) is 14.7. The van der Waals surface area contributed by atoms with E-state index in [1.807, 2.05) is 37.4 Å². The van der Waals surface area contributed by atoms with Gasteiger partial charge < -0.3 is 15.4 Å². The summed E-state index contributed by atoms with van der Waals surface area (Å²) in [6.45, 7) is 2.56. The van der Waals surface area contributed by atoms with Crippen molar-refractivity contribution in [3.05, 3.63) is 65.1 Å². The molecule has 3 aromatic rings. The molecule has 0 spiro atoms. The first kappa shape index (κ1) is 17.0. The van der Waals surface area contributed by atoms with Gasteiger partial charge in [0.25, 0.3) is 0 Å². The molecule has 0 aliphatic rings. The third kappa shape index (κ3) is 4.58. The molecule has 0 atom stereocenters. The summed E-state index contributed by atoms with van der Waals surface area (Å²) < 4.78 is 5.16. The van der Waals surface area contributed by atoms with Gasteiger partial charge in [0.1, 0.15) is 11.6 Å². The third-order valence-electron chi connectivity index (χ3n) is 3.46. The van der Waals surface area contributed by atoms with Gasteiger partial charge in [0, 0.05) is 36.4 Å². The molecular weight excluding hydrogens is 338 g/mol. The fourth-order valence-corrected chi connectivity index (χ4v) is 2.54. The Morgan fingerprint density at radius 3 is 2.76 bits per heavy atom. The van der Waals surface area contributed by atoms with Crippen LogP contribution in [-0.2, 0) is 6.54 Å². The highest BCUT2D eigenvalue weighted by atomic mass is 35.5. The second-order valence-electron chi connectivity index (χ2n) is 5.41. The Morgan fingerprint density at radius 1 is 1.16 bits per heavy atom. The summed E-state index contributed by atoms with van der Waals surface area (Å²) in [5.41, 5.74) is 2.72. The zero-order valence-electron chi connectivity index (χ0n) is 14.0. The highest BCUT2D eigenvalue weighted by Gasteiger charge is 2.06. The molecule has 1 aromatic carbocycles. The molecule has 2 N–H and O–H groups in total. The molecule has 7 heteroatoms. The molecule has 128 valence electrons. The summed E-state index contributed by atoms with van der Waals surface area (Å²) in [4.78, 5) is 13.0. The van der Waals surface area contributed by atoms with Crippen molar-refractivity contribution in [1.82, 2.24) is 15.0 Å². The first-order chi connectivity index (χ1) is 12.1. The maximum absolute atomic E-state index is 6.15. The average molecular weight is 356 g/mol. The second kappa shape index (κ2) is 7.81. The molecule has 0 saturated carbocycles. The van der Waals surface area contributed by atoms with Crippen molar-refractivity contribution in [2.24, 2.45) is 0 Å². The maximum atomic E-state index is 6.15. The molecule has 2 heterocycles. The van der Waals surface area contributed by atoms with Gasteiger partial charge in [-0.25, -0.2) is 4.98 Å². The maximum Gasteiger partial charge on any atom is 0.229 e. The molecule has 6 nitrogen and oxygen atoms in total. The van der Waals surface area contributed by atoms with Crippen LogP contribution in [-0.4, -0.2) is 22.1 Å². The Kier molecular flexibility index (Phi) is 5.30. The molecule has 0 unspecified atom stereocenters. The standard InChI is InChI=1S/C18H18ClN5O/c1-12-8-17(21-11-13-4-3-7-20-10-13)24-18(22-12)23-14-5-6-16(25-2)15(19)9-14/h3-10H,11H2,1-2H3,(H2,21,22,23,24). The van der Waals surface area contributed by atoms with Gasteiger partial charge in [-0.05, 0) is 36.8 Å². The Morgan fingerprint density at radius 2 is 2.04 bits per heavy atom. The number of halogens is 1. The number of pyridine rings is 1.